The number of ether oxygens (including phenoxy) is 5. The highest BCUT2D eigenvalue weighted by atomic mass is 16.7. The van der Waals surface area contributed by atoms with Gasteiger partial charge in [0.1, 0.15) is 18.2 Å². The normalized spacial score (nSPS) is 13.1. The molecule has 0 aliphatic rings. The molecule has 1 aromatic carbocycles. The van der Waals surface area contributed by atoms with E-state index in [1.54, 1.807) is 19.9 Å². The van der Waals surface area contributed by atoms with Crippen LogP contribution in [-0.4, -0.2) is 49.4 Å². The molecule has 0 bridgehead atoms. The molecule has 208 valence electrons. The lowest BCUT2D eigenvalue weighted by Crippen LogP contribution is -2.39. The van der Waals surface area contributed by atoms with E-state index < -0.39 is 42.3 Å². The maximum Gasteiger partial charge on any atom is 0.508 e. The second kappa shape index (κ2) is 17.3. The van der Waals surface area contributed by atoms with E-state index in [0.29, 0.717) is 18.4 Å². The van der Waals surface area contributed by atoms with Gasteiger partial charge in [0.15, 0.2) is 11.5 Å². The zero-order valence-corrected chi connectivity index (χ0v) is 22.6. The van der Waals surface area contributed by atoms with Crippen LogP contribution in [0.1, 0.15) is 84.6 Å². The Morgan fingerprint density at radius 2 is 1.35 bits per heavy atom. The monoisotopic (exact) mass is 523 g/mol. The number of carbonyl (C=O) groups excluding carboxylic acids is 4. The van der Waals surface area contributed by atoms with Crippen LogP contribution in [0.3, 0.4) is 0 Å². The summed E-state index contributed by atoms with van der Waals surface area (Å²) in [6.07, 6.45) is 3.31. The van der Waals surface area contributed by atoms with Crippen molar-refractivity contribution in [2.24, 2.45) is 5.73 Å². The SMILES string of the molecule is CCCCCC(=O)Oc1ccc(C[C@H](N)C(=O)O[C@@H](C)[C@H](C)OC(=O)OC)cc1OC(=O)CCCCC. The van der Waals surface area contributed by atoms with Crippen LogP contribution in [0.4, 0.5) is 4.79 Å². The number of hydrogen-bond acceptors (Lipinski definition) is 10. The van der Waals surface area contributed by atoms with Crippen LogP contribution >= 0.6 is 0 Å². The molecule has 0 aromatic heterocycles. The van der Waals surface area contributed by atoms with E-state index in [-0.39, 0.29) is 30.8 Å². The van der Waals surface area contributed by atoms with Gasteiger partial charge in [-0.05, 0) is 50.8 Å². The van der Waals surface area contributed by atoms with Gasteiger partial charge in [0, 0.05) is 12.8 Å². The third kappa shape index (κ3) is 12.6. The first-order valence-electron chi connectivity index (χ1n) is 12.9. The van der Waals surface area contributed by atoms with Crippen LogP contribution in [0, 0.1) is 0 Å². The molecule has 10 nitrogen and oxygen atoms in total. The molecule has 0 aliphatic heterocycles. The van der Waals surface area contributed by atoms with E-state index in [1.165, 1.54) is 19.2 Å². The van der Waals surface area contributed by atoms with Crippen molar-refractivity contribution in [1.82, 2.24) is 0 Å². The molecule has 37 heavy (non-hydrogen) atoms. The van der Waals surface area contributed by atoms with Crippen molar-refractivity contribution in [3.8, 4) is 11.5 Å². The van der Waals surface area contributed by atoms with Gasteiger partial charge in [-0.1, -0.05) is 45.6 Å². The first kappa shape index (κ1) is 31.9. The maximum atomic E-state index is 12.5. The Hall–Kier alpha value is -3.14. The van der Waals surface area contributed by atoms with E-state index in [4.69, 9.17) is 24.7 Å². The van der Waals surface area contributed by atoms with Crippen LogP contribution < -0.4 is 15.2 Å². The second-order valence-corrected chi connectivity index (χ2v) is 8.87. The van der Waals surface area contributed by atoms with E-state index in [1.807, 2.05) is 13.8 Å². The van der Waals surface area contributed by atoms with Gasteiger partial charge in [0.2, 0.25) is 0 Å². The molecule has 1 rings (SSSR count). The highest BCUT2D eigenvalue weighted by Gasteiger charge is 2.25. The molecule has 0 spiro atoms. The smallest absolute Gasteiger partial charge is 0.458 e. The van der Waals surface area contributed by atoms with Crippen molar-refractivity contribution in [2.75, 3.05) is 7.11 Å². The van der Waals surface area contributed by atoms with Crippen molar-refractivity contribution >= 4 is 24.1 Å². The maximum absolute atomic E-state index is 12.5. The Morgan fingerprint density at radius 3 is 1.89 bits per heavy atom. The van der Waals surface area contributed by atoms with Crippen LogP contribution in [0.2, 0.25) is 0 Å². The van der Waals surface area contributed by atoms with Crippen molar-refractivity contribution in [3.63, 3.8) is 0 Å². The summed E-state index contributed by atoms with van der Waals surface area (Å²) in [5, 5.41) is 0. The summed E-state index contributed by atoms with van der Waals surface area (Å²) in [4.78, 5) is 48.3. The number of rotatable bonds is 16. The van der Waals surface area contributed by atoms with Crippen LogP contribution in [0.5, 0.6) is 11.5 Å². The topological polar surface area (TPSA) is 140 Å². The lowest BCUT2D eigenvalue weighted by atomic mass is 10.1. The second-order valence-electron chi connectivity index (χ2n) is 8.87. The van der Waals surface area contributed by atoms with Gasteiger partial charge >= 0.3 is 24.1 Å². The number of nitrogens with two attached hydrogens (primary N) is 1. The van der Waals surface area contributed by atoms with E-state index >= 15 is 0 Å². The molecular weight excluding hydrogens is 482 g/mol. The molecule has 0 fully saturated rings. The van der Waals surface area contributed by atoms with E-state index in [2.05, 4.69) is 4.74 Å². The predicted molar refractivity (Wildman–Crippen MR) is 136 cm³/mol. The lowest BCUT2D eigenvalue weighted by Gasteiger charge is -2.22. The average molecular weight is 524 g/mol. The third-order valence-electron chi connectivity index (χ3n) is 5.59. The van der Waals surface area contributed by atoms with Gasteiger partial charge in [-0.25, -0.2) is 4.79 Å². The molecule has 1 aromatic rings. The Morgan fingerprint density at radius 1 is 0.811 bits per heavy atom. The Bertz CT molecular complexity index is 887. The summed E-state index contributed by atoms with van der Waals surface area (Å²) >= 11 is 0. The van der Waals surface area contributed by atoms with E-state index in [9.17, 15) is 19.2 Å². The molecular formula is C27H41NO9. The van der Waals surface area contributed by atoms with Crippen LogP contribution in [0.15, 0.2) is 18.2 Å². The number of benzene rings is 1. The summed E-state index contributed by atoms with van der Waals surface area (Å²) in [6, 6.07) is 3.66. The summed E-state index contributed by atoms with van der Waals surface area (Å²) in [7, 11) is 1.18. The molecule has 0 heterocycles. The highest BCUT2D eigenvalue weighted by molar-refractivity contribution is 5.77. The minimum Gasteiger partial charge on any atom is -0.458 e. The molecule has 0 saturated carbocycles. The van der Waals surface area contributed by atoms with Gasteiger partial charge in [-0.2, -0.15) is 0 Å². The fourth-order valence-corrected chi connectivity index (χ4v) is 3.23. The van der Waals surface area contributed by atoms with Crippen molar-refractivity contribution < 1.29 is 42.9 Å². The summed E-state index contributed by atoms with van der Waals surface area (Å²) in [6.45, 7) is 7.20. The number of methoxy groups -OCH3 is 1. The number of esters is 3. The van der Waals surface area contributed by atoms with Gasteiger partial charge < -0.3 is 29.4 Å². The van der Waals surface area contributed by atoms with Crippen molar-refractivity contribution in [3.05, 3.63) is 23.8 Å². The number of carbonyl (C=O) groups is 4. The largest absolute Gasteiger partial charge is 0.508 e. The molecule has 3 atom stereocenters. The van der Waals surface area contributed by atoms with Crippen molar-refractivity contribution in [1.29, 1.82) is 0 Å². The third-order valence-corrected chi connectivity index (χ3v) is 5.59. The van der Waals surface area contributed by atoms with Crippen molar-refractivity contribution in [2.45, 2.75) is 104 Å². The van der Waals surface area contributed by atoms with E-state index in [0.717, 1.165) is 25.7 Å². The predicted octanol–water partition coefficient (Wildman–Crippen LogP) is 4.63. The quantitative estimate of drug-likeness (QED) is 0.185. The van der Waals surface area contributed by atoms with Gasteiger partial charge in [-0.15, -0.1) is 0 Å². The Balaban J connectivity index is 2.91. The Labute approximate surface area is 219 Å². The van der Waals surface area contributed by atoms with Gasteiger partial charge in [0.25, 0.3) is 0 Å². The highest BCUT2D eigenvalue weighted by Crippen LogP contribution is 2.30. The van der Waals surface area contributed by atoms with Gasteiger partial charge in [0.05, 0.1) is 7.11 Å². The molecule has 0 amide bonds. The minimum atomic E-state index is -1.04. The first-order valence-corrected chi connectivity index (χ1v) is 12.9. The molecule has 10 heteroatoms. The summed E-state index contributed by atoms with van der Waals surface area (Å²) in [5.74, 6) is -1.32. The zero-order chi connectivity index (χ0) is 27.8. The Kier molecular flexibility index (Phi) is 14.9. The number of hydrogen-bond donors (Lipinski definition) is 1. The van der Waals surface area contributed by atoms with Gasteiger partial charge in [-0.3, -0.25) is 14.4 Å². The molecule has 0 unspecified atom stereocenters. The lowest BCUT2D eigenvalue weighted by molar-refractivity contribution is -0.155. The van der Waals surface area contributed by atoms with Crippen LogP contribution in [-0.2, 0) is 35.0 Å². The average Bonchev–Trinajstić information content (AvgIpc) is 2.85. The summed E-state index contributed by atoms with van der Waals surface area (Å²) < 4.78 is 25.7. The molecule has 2 N–H and O–H groups in total. The molecule has 0 aliphatic carbocycles. The van der Waals surface area contributed by atoms with Crippen LogP contribution in [0.25, 0.3) is 0 Å². The minimum absolute atomic E-state index is 0.0723. The summed E-state index contributed by atoms with van der Waals surface area (Å²) in [5.41, 5.74) is 6.63. The molecule has 0 saturated heterocycles. The number of unbranched alkanes of at least 4 members (excludes halogenated alkanes) is 4. The zero-order valence-electron chi connectivity index (χ0n) is 22.6. The fraction of sp³-hybridized carbons (Fsp3) is 0.630. The molecule has 0 radical (unpaired) electrons. The fourth-order valence-electron chi connectivity index (χ4n) is 3.23. The first-order chi connectivity index (χ1) is 17.6. The standard InChI is InChI=1S/C27H41NO9/c1-6-8-10-12-24(29)36-22-15-14-20(17-23(22)37-25(30)13-11-9-7-2)16-21(28)26(31)34-18(3)19(4)35-27(32)33-5/h14-15,17-19,21H,6-13,16,28H2,1-5H3/t18-,19-,21-/m0/s1.